The Balaban J connectivity index is 1.51. The van der Waals surface area contributed by atoms with Crippen LogP contribution in [0, 0.1) is 12.7 Å². The smallest absolute Gasteiger partial charge is 0.341 e. The molecule has 0 aliphatic carbocycles. The molecule has 1 aliphatic rings. The molecule has 0 spiro atoms. The summed E-state index contributed by atoms with van der Waals surface area (Å²) in [4.78, 5) is 18.8. The van der Waals surface area contributed by atoms with Gasteiger partial charge in [0.05, 0.1) is 5.56 Å². The summed E-state index contributed by atoms with van der Waals surface area (Å²) >= 11 is 0. The molecule has 1 atom stereocenters. The van der Waals surface area contributed by atoms with Crippen molar-refractivity contribution < 1.29 is 13.9 Å². The lowest BCUT2D eigenvalue weighted by atomic mass is 10.0. The Morgan fingerprint density at radius 3 is 2.60 bits per heavy atom. The first kappa shape index (κ1) is 20.6. The predicted molar refractivity (Wildman–Crippen MR) is 117 cm³/mol. The van der Waals surface area contributed by atoms with Crippen molar-refractivity contribution in [2.24, 2.45) is 0 Å². The molecule has 3 aromatic rings. The summed E-state index contributed by atoms with van der Waals surface area (Å²) < 4.78 is 18.9. The number of carbonyl (C=O) groups is 1. The van der Waals surface area contributed by atoms with Gasteiger partial charge in [0.2, 0.25) is 0 Å². The van der Waals surface area contributed by atoms with Crippen LogP contribution in [-0.4, -0.2) is 35.5 Å². The highest BCUT2D eigenvalue weighted by Gasteiger charge is 2.21. The number of fused-ring (bicyclic) bond motifs is 1. The summed E-state index contributed by atoms with van der Waals surface area (Å²) in [5.41, 5.74) is 4.32. The van der Waals surface area contributed by atoms with Gasteiger partial charge in [0, 0.05) is 23.1 Å². The Morgan fingerprint density at radius 2 is 1.87 bits per heavy atom. The lowest BCUT2D eigenvalue weighted by molar-refractivity contribution is 0.0339. The number of aryl methyl sites for hydroxylation is 1. The fourth-order valence-electron chi connectivity index (χ4n) is 4.28. The molecule has 0 saturated carbocycles. The number of benzene rings is 2. The second-order valence-electron chi connectivity index (χ2n) is 8.26. The number of piperidine rings is 1. The summed E-state index contributed by atoms with van der Waals surface area (Å²) in [7, 11) is 0. The number of H-pyrrole nitrogens is 1. The summed E-state index contributed by atoms with van der Waals surface area (Å²) in [6, 6.07) is 12.4. The van der Waals surface area contributed by atoms with E-state index in [0.717, 1.165) is 35.1 Å². The molecule has 158 valence electrons. The first-order valence-corrected chi connectivity index (χ1v) is 10.8. The maximum Gasteiger partial charge on any atom is 0.341 e. The van der Waals surface area contributed by atoms with Gasteiger partial charge >= 0.3 is 5.97 Å². The van der Waals surface area contributed by atoms with E-state index in [0.29, 0.717) is 5.56 Å². The summed E-state index contributed by atoms with van der Waals surface area (Å²) in [6.45, 7) is 7.12. The lowest BCUT2D eigenvalue weighted by Crippen LogP contribution is -2.31. The second kappa shape index (κ2) is 9.00. The maximum absolute atomic E-state index is 13.2. The average Bonchev–Trinajstić information content (AvgIpc) is 3.08. The van der Waals surface area contributed by atoms with Crippen LogP contribution >= 0.6 is 0 Å². The highest BCUT2D eigenvalue weighted by atomic mass is 19.1. The van der Waals surface area contributed by atoms with Gasteiger partial charge in [-0.3, -0.25) is 0 Å². The molecule has 5 heteroatoms. The van der Waals surface area contributed by atoms with Gasteiger partial charge in [0.15, 0.2) is 0 Å². The lowest BCUT2D eigenvalue weighted by Gasteiger charge is -2.26. The normalized spacial score (nSPS) is 16.0. The molecule has 0 radical (unpaired) electrons. The standard InChI is InChI=1S/C25H29FN2O2/c1-17-24(25(29)30-18(2)20-7-9-21(26)10-8-20)22-16-19(6-11-23(22)27-17)12-15-28-13-4-3-5-14-28/h6-11,16,18,27H,3-5,12-15H2,1-2H3. The van der Waals surface area contributed by atoms with Crippen LogP contribution in [0.1, 0.15) is 59.5 Å². The van der Waals surface area contributed by atoms with Gasteiger partial charge in [-0.25, -0.2) is 9.18 Å². The minimum Gasteiger partial charge on any atom is -0.454 e. The van der Waals surface area contributed by atoms with Gasteiger partial charge in [-0.1, -0.05) is 24.6 Å². The number of nitrogens with one attached hydrogen (secondary N) is 1. The molecular weight excluding hydrogens is 379 g/mol. The van der Waals surface area contributed by atoms with Crippen molar-refractivity contribution in [3.05, 3.63) is 70.7 Å². The van der Waals surface area contributed by atoms with E-state index in [-0.39, 0.29) is 11.8 Å². The van der Waals surface area contributed by atoms with Crippen LogP contribution in [0.15, 0.2) is 42.5 Å². The van der Waals surface area contributed by atoms with E-state index in [1.54, 1.807) is 19.1 Å². The molecule has 4 rings (SSSR count). The molecular formula is C25H29FN2O2. The van der Waals surface area contributed by atoms with E-state index in [1.807, 2.05) is 13.0 Å². The van der Waals surface area contributed by atoms with E-state index in [2.05, 4.69) is 22.0 Å². The van der Waals surface area contributed by atoms with Gasteiger partial charge < -0.3 is 14.6 Å². The summed E-state index contributed by atoms with van der Waals surface area (Å²) in [5.74, 6) is -0.661. The molecule has 1 saturated heterocycles. The van der Waals surface area contributed by atoms with Crippen LogP contribution < -0.4 is 0 Å². The third kappa shape index (κ3) is 4.57. The zero-order valence-electron chi connectivity index (χ0n) is 17.7. The number of nitrogens with zero attached hydrogens (tertiary/aromatic N) is 1. The van der Waals surface area contributed by atoms with E-state index in [4.69, 9.17) is 4.74 Å². The van der Waals surface area contributed by atoms with E-state index >= 15 is 0 Å². The zero-order chi connectivity index (χ0) is 21.1. The highest BCUT2D eigenvalue weighted by molar-refractivity contribution is 6.05. The average molecular weight is 409 g/mol. The SMILES string of the molecule is Cc1[nH]c2ccc(CCN3CCCCC3)cc2c1C(=O)OC(C)c1ccc(F)cc1. The van der Waals surface area contributed by atoms with Crippen LogP contribution in [-0.2, 0) is 11.2 Å². The van der Waals surface area contributed by atoms with Crippen molar-refractivity contribution in [1.29, 1.82) is 0 Å². The fourth-order valence-corrected chi connectivity index (χ4v) is 4.28. The van der Waals surface area contributed by atoms with Crippen LogP contribution in [0.5, 0.6) is 0 Å². The van der Waals surface area contributed by atoms with Crippen LogP contribution in [0.25, 0.3) is 10.9 Å². The molecule has 30 heavy (non-hydrogen) atoms. The predicted octanol–water partition coefficient (Wildman–Crippen LogP) is 5.56. The first-order chi connectivity index (χ1) is 14.5. The Bertz CT molecular complexity index is 1020. The van der Waals surface area contributed by atoms with Crippen molar-refractivity contribution in [3.8, 4) is 0 Å². The molecule has 1 unspecified atom stereocenters. The number of aromatic amines is 1. The van der Waals surface area contributed by atoms with Crippen molar-refractivity contribution in [1.82, 2.24) is 9.88 Å². The minimum atomic E-state index is -0.454. The zero-order valence-corrected chi connectivity index (χ0v) is 17.7. The van der Waals surface area contributed by atoms with Crippen LogP contribution in [0.4, 0.5) is 4.39 Å². The molecule has 1 N–H and O–H groups in total. The largest absolute Gasteiger partial charge is 0.454 e. The summed E-state index contributed by atoms with van der Waals surface area (Å²) in [6.07, 6.45) is 4.44. The molecule has 1 aliphatic heterocycles. The number of ether oxygens (including phenoxy) is 1. The monoisotopic (exact) mass is 408 g/mol. The molecule has 1 aromatic heterocycles. The maximum atomic E-state index is 13.2. The molecule has 0 amide bonds. The second-order valence-corrected chi connectivity index (χ2v) is 8.26. The van der Waals surface area contributed by atoms with Gasteiger partial charge in [-0.05, 0) is 81.6 Å². The van der Waals surface area contributed by atoms with Crippen molar-refractivity contribution in [2.75, 3.05) is 19.6 Å². The molecule has 0 bridgehead atoms. The number of hydrogen-bond donors (Lipinski definition) is 1. The van der Waals surface area contributed by atoms with E-state index in [1.165, 1.54) is 50.0 Å². The van der Waals surface area contributed by atoms with Crippen molar-refractivity contribution in [3.63, 3.8) is 0 Å². The number of halogens is 1. The summed E-state index contributed by atoms with van der Waals surface area (Å²) in [5, 5.41) is 0.903. The number of hydrogen-bond acceptors (Lipinski definition) is 3. The van der Waals surface area contributed by atoms with Gasteiger partial charge in [-0.2, -0.15) is 0 Å². The third-order valence-electron chi connectivity index (χ3n) is 6.04. The highest BCUT2D eigenvalue weighted by Crippen LogP contribution is 2.27. The van der Waals surface area contributed by atoms with Gasteiger partial charge in [0.25, 0.3) is 0 Å². The first-order valence-electron chi connectivity index (χ1n) is 10.8. The van der Waals surface area contributed by atoms with Crippen LogP contribution in [0.2, 0.25) is 0 Å². The van der Waals surface area contributed by atoms with Crippen molar-refractivity contribution in [2.45, 2.75) is 45.6 Å². The number of rotatable bonds is 6. The van der Waals surface area contributed by atoms with Crippen LogP contribution in [0.3, 0.4) is 0 Å². The Morgan fingerprint density at radius 1 is 1.13 bits per heavy atom. The molecule has 2 aromatic carbocycles. The van der Waals surface area contributed by atoms with Crippen molar-refractivity contribution >= 4 is 16.9 Å². The molecule has 2 heterocycles. The van der Waals surface area contributed by atoms with E-state index in [9.17, 15) is 9.18 Å². The molecule has 4 nitrogen and oxygen atoms in total. The third-order valence-corrected chi connectivity index (χ3v) is 6.04. The number of aromatic nitrogens is 1. The van der Waals surface area contributed by atoms with Gasteiger partial charge in [-0.15, -0.1) is 0 Å². The number of likely N-dealkylation sites (tertiary alicyclic amines) is 1. The Hall–Kier alpha value is -2.66. The number of carbonyl (C=O) groups excluding carboxylic acids is 1. The Kier molecular flexibility index (Phi) is 6.18. The topological polar surface area (TPSA) is 45.3 Å². The van der Waals surface area contributed by atoms with Gasteiger partial charge in [0.1, 0.15) is 11.9 Å². The number of esters is 1. The quantitative estimate of drug-likeness (QED) is 0.543. The molecule has 1 fully saturated rings. The minimum absolute atomic E-state index is 0.304. The Labute approximate surface area is 177 Å². The van der Waals surface area contributed by atoms with E-state index < -0.39 is 6.10 Å². The fraction of sp³-hybridized carbons (Fsp3) is 0.400.